The molecule has 0 spiro atoms. The van der Waals surface area contributed by atoms with Gasteiger partial charge in [-0.15, -0.1) is 0 Å². The first-order valence-corrected chi connectivity index (χ1v) is 8.54. The number of hydrogen-bond donors (Lipinski definition) is 1. The average molecular weight is 367 g/mol. The molecular weight excluding hydrogens is 338 g/mol. The molecule has 1 heterocycles. The van der Waals surface area contributed by atoms with E-state index >= 15 is 0 Å². The van der Waals surface area contributed by atoms with Crippen LogP contribution in [0.2, 0.25) is 0 Å². The second kappa shape index (κ2) is 9.38. The zero-order chi connectivity index (χ0) is 20.0. The minimum absolute atomic E-state index is 0.229. The van der Waals surface area contributed by atoms with Gasteiger partial charge in [-0.05, 0) is 33.3 Å². The molecule has 0 radical (unpaired) electrons. The van der Waals surface area contributed by atoms with Gasteiger partial charge in [0.1, 0.15) is 5.69 Å². The van der Waals surface area contributed by atoms with Crippen LogP contribution in [0.3, 0.4) is 0 Å². The van der Waals surface area contributed by atoms with Crippen molar-refractivity contribution in [1.82, 2.24) is 14.8 Å². The Bertz CT molecular complexity index is 681. The number of carbonyl (C=O) groups excluding carboxylic acids is 3. The van der Waals surface area contributed by atoms with E-state index in [2.05, 4.69) is 5.32 Å². The number of ketones is 1. The standard InChI is InChI=1S/C18H29N3O5/c1-8-19-18(24)21(9-10-25-6)13(4)16(22)14-11(2)15(17(23)26-7)20(5)12(14)3/h13H,8-10H2,1-7H3,(H,19,24). The van der Waals surface area contributed by atoms with Crippen molar-refractivity contribution < 1.29 is 23.9 Å². The fourth-order valence-electron chi connectivity index (χ4n) is 2.99. The lowest BCUT2D eigenvalue weighted by atomic mass is 10.00. The molecule has 2 amide bonds. The van der Waals surface area contributed by atoms with Crippen LogP contribution in [0.1, 0.15) is 46.0 Å². The molecule has 0 aliphatic heterocycles. The Hall–Kier alpha value is -2.35. The monoisotopic (exact) mass is 367 g/mol. The van der Waals surface area contributed by atoms with Crippen LogP contribution < -0.4 is 5.32 Å². The summed E-state index contributed by atoms with van der Waals surface area (Å²) in [6, 6.07) is -1.04. The second-order valence-electron chi connectivity index (χ2n) is 6.05. The van der Waals surface area contributed by atoms with E-state index in [-0.39, 0.29) is 18.4 Å². The fourth-order valence-corrected chi connectivity index (χ4v) is 2.99. The molecule has 1 unspecified atom stereocenters. The number of amides is 2. The summed E-state index contributed by atoms with van der Waals surface area (Å²) in [5, 5.41) is 2.71. The highest BCUT2D eigenvalue weighted by Gasteiger charge is 2.32. The minimum atomic E-state index is -0.706. The molecule has 1 N–H and O–H groups in total. The van der Waals surface area contributed by atoms with E-state index in [1.54, 1.807) is 32.4 Å². The van der Waals surface area contributed by atoms with Gasteiger partial charge in [-0.2, -0.15) is 0 Å². The normalized spacial score (nSPS) is 11.8. The number of Topliss-reactive ketones (excluding diaryl/α,β-unsaturated/α-hetero) is 1. The number of aromatic nitrogens is 1. The maximum absolute atomic E-state index is 13.1. The highest BCUT2D eigenvalue weighted by atomic mass is 16.5. The third-order valence-corrected chi connectivity index (χ3v) is 4.53. The van der Waals surface area contributed by atoms with E-state index in [0.29, 0.717) is 35.7 Å². The summed E-state index contributed by atoms with van der Waals surface area (Å²) in [6.45, 7) is 8.03. The van der Waals surface area contributed by atoms with Crippen molar-refractivity contribution in [2.45, 2.75) is 33.7 Å². The molecule has 0 aliphatic rings. The molecule has 0 aliphatic carbocycles. The third-order valence-electron chi connectivity index (χ3n) is 4.53. The van der Waals surface area contributed by atoms with E-state index in [1.807, 2.05) is 6.92 Å². The Morgan fingerprint density at radius 2 is 1.85 bits per heavy atom. The average Bonchev–Trinajstić information content (AvgIpc) is 2.83. The maximum Gasteiger partial charge on any atom is 0.354 e. The number of urea groups is 1. The van der Waals surface area contributed by atoms with Crippen molar-refractivity contribution in [1.29, 1.82) is 0 Å². The van der Waals surface area contributed by atoms with Crippen molar-refractivity contribution in [2.24, 2.45) is 7.05 Å². The van der Waals surface area contributed by atoms with Crippen LogP contribution in [0.4, 0.5) is 4.79 Å². The van der Waals surface area contributed by atoms with Gasteiger partial charge in [0.25, 0.3) is 0 Å². The Labute approximate surface area is 154 Å². The predicted octanol–water partition coefficient (Wildman–Crippen LogP) is 1.68. The lowest BCUT2D eigenvalue weighted by Gasteiger charge is -2.28. The molecule has 0 bridgehead atoms. The van der Waals surface area contributed by atoms with Crippen LogP contribution in [0.25, 0.3) is 0 Å². The summed E-state index contributed by atoms with van der Waals surface area (Å²) in [5.74, 6) is -0.729. The van der Waals surface area contributed by atoms with Crippen LogP contribution in [-0.2, 0) is 16.5 Å². The largest absolute Gasteiger partial charge is 0.464 e. The summed E-state index contributed by atoms with van der Waals surface area (Å²) < 4.78 is 11.5. The summed E-state index contributed by atoms with van der Waals surface area (Å²) >= 11 is 0. The molecule has 0 saturated carbocycles. The zero-order valence-electron chi connectivity index (χ0n) is 16.6. The number of methoxy groups -OCH3 is 2. The summed E-state index contributed by atoms with van der Waals surface area (Å²) in [7, 11) is 4.55. The number of ether oxygens (including phenoxy) is 2. The van der Waals surface area contributed by atoms with E-state index in [0.717, 1.165) is 0 Å². The molecule has 1 atom stereocenters. The van der Waals surface area contributed by atoms with Crippen LogP contribution in [-0.4, -0.2) is 67.2 Å². The highest BCUT2D eigenvalue weighted by molar-refractivity contribution is 6.06. The highest BCUT2D eigenvalue weighted by Crippen LogP contribution is 2.24. The Morgan fingerprint density at radius 1 is 1.23 bits per heavy atom. The third kappa shape index (κ3) is 4.24. The second-order valence-corrected chi connectivity index (χ2v) is 6.05. The van der Waals surface area contributed by atoms with Crippen LogP contribution >= 0.6 is 0 Å². The maximum atomic E-state index is 13.1. The molecule has 1 aromatic heterocycles. The summed E-state index contributed by atoms with van der Waals surface area (Å²) in [6.07, 6.45) is 0. The Kier molecular flexibility index (Phi) is 7.82. The van der Waals surface area contributed by atoms with Crippen molar-refractivity contribution in [3.8, 4) is 0 Å². The lowest BCUT2D eigenvalue weighted by molar-refractivity contribution is 0.0588. The van der Waals surface area contributed by atoms with Crippen molar-refractivity contribution in [3.05, 3.63) is 22.5 Å². The van der Waals surface area contributed by atoms with E-state index in [1.165, 1.54) is 19.1 Å². The number of nitrogens with one attached hydrogen (secondary N) is 1. The first kappa shape index (κ1) is 21.7. The van der Waals surface area contributed by atoms with E-state index < -0.39 is 12.0 Å². The Morgan fingerprint density at radius 3 is 2.35 bits per heavy atom. The van der Waals surface area contributed by atoms with Gasteiger partial charge in [0, 0.05) is 38.5 Å². The molecule has 1 aromatic rings. The molecule has 0 fully saturated rings. The van der Waals surface area contributed by atoms with Gasteiger partial charge in [-0.1, -0.05) is 0 Å². The first-order chi connectivity index (χ1) is 12.2. The van der Waals surface area contributed by atoms with Gasteiger partial charge in [0.2, 0.25) is 0 Å². The minimum Gasteiger partial charge on any atom is -0.464 e. The van der Waals surface area contributed by atoms with Crippen molar-refractivity contribution >= 4 is 17.8 Å². The molecule has 0 saturated heterocycles. The number of esters is 1. The number of hydrogen-bond acceptors (Lipinski definition) is 5. The van der Waals surface area contributed by atoms with E-state index in [9.17, 15) is 14.4 Å². The van der Waals surface area contributed by atoms with Gasteiger partial charge in [-0.25, -0.2) is 9.59 Å². The summed E-state index contributed by atoms with van der Waals surface area (Å²) in [5.41, 5.74) is 1.98. The van der Waals surface area contributed by atoms with Crippen molar-refractivity contribution in [2.75, 3.05) is 33.9 Å². The number of nitrogens with zero attached hydrogens (tertiary/aromatic N) is 2. The number of carbonyl (C=O) groups is 3. The predicted molar refractivity (Wildman–Crippen MR) is 97.7 cm³/mol. The lowest BCUT2D eigenvalue weighted by Crippen LogP contribution is -2.49. The van der Waals surface area contributed by atoms with Gasteiger partial charge in [0.15, 0.2) is 5.78 Å². The first-order valence-electron chi connectivity index (χ1n) is 8.54. The molecule has 8 nitrogen and oxygen atoms in total. The van der Waals surface area contributed by atoms with Gasteiger partial charge in [0.05, 0.1) is 19.8 Å². The smallest absolute Gasteiger partial charge is 0.354 e. The van der Waals surface area contributed by atoms with Gasteiger partial charge in [-0.3, -0.25) is 4.79 Å². The van der Waals surface area contributed by atoms with E-state index in [4.69, 9.17) is 9.47 Å². The topological polar surface area (TPSA) is 89.9 Å². The van der Waals surface area contributed by atoms with Gasteiger partial charge < -0.3 is 24.3 Å². The Balaban J connectivity index is 3.28. The van der Waals surface area contributed by atoms with Crippen LogP contribution in [0, 0.1) is 13.8 Å². The van der Waals surface area contributed by atoms with Crippen LogP contribution in [0.15, 0.2) is 0 Å². The molecule has 0 aromatic carbocycles. The molecular formula is C18H29N3O5. The quantitative estimate of drug-likeness (QED) is 0.558. The molecule has 146 valence electrons. The van der Waals surface area contributed by atoms with Crippen molar-refractivity contribution in [3.63, 3.8) is 0 Å². The fraction of sp³-hybridized carbons (Fsp3) is 0.611. The zero-order valence-corrected chi connectivity index (χ0v) is 16.6. The molecule has 8 heteroatoms. The summed E-state index contributed by atoms with van der Waals surface area (Å²) in [4.78, 5) is 39.0. The molecule has 26 heavy (non-hydrogen) atoms. The van der Waals surface area contributed by atoms with Crippen LogP contribution in [0.5, 0.6) is 0 Å². The molecule has 1 rings (SSSR count). The van der Waals surface area contributed by atoms with Gasteiger partial charge >= 0.3 is 12.0 Å². The SMILES string of the molecule is CCNC(=O)N(CCOC)C(C)C(=O)c1c(C)c(C(=O)OC)n(C)c1C. The number of rotatable bonds is 8.